The van der Waals surface area contributed by atoms with Crippen LogP contribution in [0.1, 0.15) is 19.7 Å². The van der Waals surface area contributed by atoms with Crippen LogP contribution in [-0.4, -0.2) is 15.9 Å². The summed E-state index contributed by atoms with van der Waals surface area (Å²) in [5.74, 6) is 0.217. The van der Waals surface area contributed by atoms with Gasteiger partial charge in [-0.25, -0.2) is 4.39 Å². The third-order valence-corrected chi connectivity index (χ3v) is 3.22. The Balaban J connectivity index is 2.21. The molecule has 0 amide bonds. The fourth-order valence-corrected chi connectivity index (χ4v) is 1.81. The average Bonchev–Trinajstić information content (AvgIpc) is 2.81. The average molecular weight is 327 g/mol. The molecule has 1 aromatic heterocycles. The minimum atomic E-state index is -0.359. The number of Topliss-reactive ketones (excluding diaryl/α,β-unsaturated/α-hetero) is 1. The number of carbonyl (C=O) groups excluding carboxylic acids is 1. The fraction of sp³-hybridized carbons (Fsp3) is 0.308. The van der Waals surface area contributed by atoms with Gasteiger partial charge in [-0.2, -0.15) is 4.98 Å². The van der Waals surface area contributed by atoms with E-state index < -0.39 is 0 Å². The molecule has 0 saturated carbocycles. The highest BCUT2D eigenvalue weighted by Crippen LogP contribution is 2.23. The first-order valence-corrected chi connectivity index (χ1v) is 6.57. The lowest BCUT2D eigenvalue weighted by molar-refractivity contribution is -0.121. The Hall–Kier alpha value is -1.56. The SMILES string of the molecule is CC(C)C(=O)Cc1nc(-c2ccc(F)c(Br)c2)no1. The van der Waals surface area contributed by atoms with Gasteiger partial charge in [0.15, 0.2) is 0 Å². The number of carbonyl (C=O) groups is 1. The summed E-state index contributed by atoms with van der Waals surface area (Å²) in [5.41, 5.74) is 0.625. The van der Waals surface area contributed by atoms with Gasteiger partial charge in [0.1, 0.15) is 11.6 Å². The van der Waals surface area contributed by atoms with Crippen molar-refractivity contribution in [2.75, 3.05) is 0 Å². The number of ketones is 1. The molecule has 1 heterocycles. The zero-order chi connectivity index (χ0) is 14.0. The van der Waals surface area contributed by atoms with Crippen molar-refractivity contribution in [3.05, 3.63) is 34.4 Å². The summed E-state index contributed by atoms with van der Waals surface area (Å²) in [7, 11) is 0. The van der Waals surface area contributed by atoms with Gasteiger partial charge in [-0.1, -0.05) is 19.0 Å². The summed E-state index contributed by atoms with van der Waals surface area (Å²) in [6.45, 7) is 3.63. The molecule has 0 unspecified atom stereocenters. The monoisotopic (exact) mass is 326 g/mol. The van der Waals surface area contributed by atoms with Crippen LogP contribution in [0.15, 0.2) is 27.2 Å². The van der Waals surface area contributed by atoms with E-state index >= 15 is 0 Å². The van der Waals surface area contributed by atoms with Gasteiger partial charge in [0, 0.05) is 11.5 Å². The highest BCUT2D eigenvalue weighted by molar-refractivity contribution is 9.10. The molecular formula is C13H12BrFN2O2. The topological polar surface area (TPSA) is 56.0 Å². The summed E-state index contributed by atoms with van der Waals surface area (Å²) in [5, 5.41) is 3.79. The molecular weight excluding hydrogens is 315 g/mol. The molecule has 0 bridgehead atoms. The molecule has 0 aliphatic rings. The van der Waals surface area contributed by atoms with Crippen LogP contribution < -0.4 is 0 Å². The van der Waals surface area contributed by atoms with E-state index in [0.717, 1.165) is 0 Å². The number of nitrogens with zero attached hydrogens (tertiary/aromatic N) is 2. The fourth-order valence-electron chi connectivity index (χ4n) is 1.43. The van der Waals surface area contributed by atoms with Gasteiger partial charge in [-0.15, -0.1) is 0 Å². The number of benzene rings is 1. The Morgan fingerprint density at radius 2 is 2.21 bits per heavy atom. The maximum absolute atomic E-state index is 13.1. The van der Waals surface area contributed by atoms with Crippen molar-refractivity contribution in [1.29, 1.82) is 0 Å². The van der Waals surface area contributed by atoms with Crippen LogP contribution in [0.2, 0.25) is 0 Å². The van der Waals surface area contributed by atoms with Crippen LogP contribution in [0.5, 0.6) is 0 Å². The van der Waals surface area contributed by atoms with Crippen LogP contribution in [0.3, 0.4) is 0 Å². The van der Waals surface area contributed by atoms with E-state index in [4.69, 9.17) is 4.52 Å². The largest absolute Gasteiger partial charge is 0.339 e. The zero-order valence-electron chi connectivity index (χ0n) is 10.5. The maximum Gasteiger partial charge on any atom is 0.234 e. The van der Waals surface area contributed by atoms with Crippen molar-refractivity contribution >= 4 is 21.7 Å². The first-order chi connectivity index (χ1) is 8.97. The molecule has 0 aliphatic carbocycles. The van der Waals surface area contributed by atoms with Crippen LogP contribution in [0, 0.1) is 11.7 Å². The van der Waals surface area contributed by atoms with Gasteiger partial charge in [0.25, 0.3) is 0 Å². The molecule has 2 aromatic rings. The molecule has 0 fully saturated rings. The molecule has 0 atom stereocenters. The summed E-state index contributed by atoms with van der Waals surface area (Å²) < 4.78 is 18.5. The lowest BCUT2D eigenvalue weighted by Crippen LogP contribution is -2.10. The van der Waals surface area contributed by atoms with Gasteiger partial charge in [0.2, 0.25) is 11.7 Å². The zero-order valence-corrected chi connectivity index (χ0v) is 12.1. The van der Waals surface area contributed by atoms with E-state index in [1.165, 1.54) is 6.07 Å². The second-order valence-electron chi connectivity index (χ2n) is 4.44. The molecule has 1 aromatic carbocycles. The second-order valence-corrected chi connectivity index (χ2v) is 5.29. The van der Waals surface area contributed by atoms with E-state index in [9.17, 15) is 9.18 Å². The minimum Gasteiger partial charge on any atom is -0.339 e. The van der Waals surface area contributed by atoms with Crippen LogP contribution in [0.25, 0.3) is 11.4 Å². The van der Waals surface area contributed by atoms with E-state index in [1.807, 2.05) is 13.8 Å². The molecule has 0 aliphatic heterocycles. The molecule has 0 spiro atoms. The lowest BCUT2D eigenvalue weighted by atomic mass is 10.1. The van der Waals surface area contributed by atoms with Crippen LogP contribution in [0.4, 0.5) is 4.39 Å². The van der Waals surface area contributed by atoms with Crippen molar-refractivity contribution in [1.82, 2.24) is 10.1 Å². The first-order valence-electron chi connectivity index (χ1n) is 5.78. The Kier molecular flexibility index (Phi) is 4.09. The number of rotatable bonds is 4. The summed E-state index contributed by atoms with van der Waals surface area (Å²) >= 11 is 3.09. The summed E-state index contributed by atoms with van der Waals surface area (Å²) in [4.78, 5) is 15.7. The Labute approximate surface area is 118 Å². The Morgan fingerprint density at radius 3 is 2.84 bits per heavy atom. The number of halogens is 2. The summed E-state index contributed by atoms with van der Waals surface area (Å²) in [6, 6.07) is 4.43. The second kappa shape index (κ2) is 5.61. The number of hydrogen-bond donors (Lipinski definition) is 0. The molecule has 4 nitrogen and oxygen atoms in total. The van der Waals surface area contributed by atoms with Crippen molar-refractivity contribution in [3.8, 4) is 11.4 Å². The van der Waals surface area contributed by atoms with Crippen molar-refractivity contribution in [3.63, 3.8) is 0 Å². The predicted octanol–water partition coefficient (Wildman–Crippen LogP) is 3.41. The number of hydrogen-bond acceptors (Lipinski definition) is 4. The van der Waals surface area contributed by atoms with Crippen LogP contribution >= 0.6 is 15.9 Å². The van der Waals surface area contributed by atoms with E-state index in [1.54, 1.807) is 12.1 Å². The smallest absolute Gasteiger partial charge is 0.234 e. The lowest BCUT2D eigenvalue weighted by Gasteiger charge is -1.98. The highest BCUT2D eigenvalue weighted by atomic mass is 79.9. The molecule has 0 saturated heterocycles. The van der Waals surface area contributed by atoms with Gasteiger partial charge >= 0.3 is 0 Å². The van der Waals surface area contributed by atoms with Crippen LogP contribution in [-0.2, 0) is 11.2 Å². The standard InChI is InChI=1S/C13H12BrFN2O2/c1-7(2)11(18)6-12-16-13(17-19-12)8-3-4-10(15)9(14)5-8/h3-5,7H,6H2,1-2H3. The van der Waals surface area contributed by atoms with Crippen molar-refractivity contribution in [2.24, 2.45) is 5.92 Å². The van der Waals surface area contributed by atoms with Gasteiger partial charge in [-0.05, 0) is 34.1 Å². The van der Waals surface area contributed by atoms with Gasteiger partial charge in [0.05, 0.1) is 10.9 Å². The third kappa shape index (κ3) is 3.26. The normalized spacial score (nSPS) is 11.0. The van der Waals surface area contributed by atoms with E-state index in [0.29, 0.717) is 15.9 Å². The molecule has 19 heavy (non-hydrogen) atoms. The molecule has 100 valence electrons. The first kappa shape index (κ1) is 13.9. The number of aromatic nitrogens is 2. The molecule has 2 rings (SSSR count). The van der Waals surface area contributed by atoms with Gasteiger partial charge in [-0.3, -0.25) is 4.79 Å². The Morgan fingerprint density at radius 1 is 1.47 bits per heavy atom. The summed E-state index contributed by atoms with van der Waals surface area (Å²) in [6.07, 6.45) is 0.118. The molecule has 0 radical (unpaired) electrons. The van der Waals surface area contributed by atoms with Crippen molar-refractivity contribution in [2.45, 2.75) is 20.3 Å². The molecule has 6 heteroatoms. The minimum absolute atomic E-state index is 0.0375. The van der Waals surface area contributed by atoms with Crippen molar-refractivity contribution < 1.29 is 13.7 Å². The third-order valence-electron chi connectivity index (χ3n) is 2.62. The molecule has 0 N–H and O–H groups in total. The predicted molar refractivity (Wildman–Crippen MR) is 70.9 cm³/mol. The Bertz CT molecular complexity index is 610. The van der Waals surface area contributed by atoms with E-state index in [2.05, 4.69) is 26.1 Å². The quantitative estimate of drug-likeness (QED) is 0.864. The van der Waals surface area contributed by atoms with E-state index in [-0.39, 0.29) is 29.8 Å². The van der Waals surface area contributed by atoms with Gasteiger partial charge < -0.3 is 4.52 Å². The maximum atomic E-state index is 13.1. The highest BCUT2D eigenvalue weighted by Gasteiger charge is 2.15.